The third-order valence-electron chi connectivity index (χ3n) is 1.02. The van der Waals surface area contributed by atoms with Crippen molar-refractivity contribution >= 4 is 35.6 Å². The van der Waals surface area contributed by atoms with Crippen LogP contribution in [0.5, 0.6) is 0 Å². The molecule has 0 radical (unpaired) electrons. The van der Waals surface area contributed by atoms with Crippen LogP contribution >= 0.6 is 35.6 Å². The number of hydrogen-bond acceptors (Lipinski definition) is 0. The second-order valence-electron chi connectivity index (χ2n) is 3.26. The van der Waals surface area contributed by atoms with Crippen molar-refractivity contribution in [2.75, 3.05) is 0 Å². The van der Waals surface area contributed by atoms with E-state index in [1.807, 2.05) is 0 Å². The second-order valence-corrected chi connectivity index (χ2v) is 3.98. The zero-order chi connectivity index (χ0) is 19.5. The summed E-state index contributed by atoms with van der Waals surface area (Å²) in [6, 6.07) is 0. The molecule has 0 heterocycles. The van der Waals surface area contributed by atoms with Crippen molar-refractivity contribution in [3.05, 3.63) is 11.6 Å². The Morgan fingerprint density at radius 3 is 1.00 bits per heavy atom. The number of rotatable bonds is 2. The summed E-state index contributed by atoms with van der Waals surface area (Å²) in [4.78, 5) is 0. The first-order valence-electron chi connectivity index (χ1n) is 4.94. The fraction of sp³-hybridized carbons (Fsp3) is 0.818. The van der Waals surface area contributed by atoms with E-state index in [4.69, 9.17) is 0 Å². The zero-order valence-electron chi connectivity index (χ0n) is 11.7. The van der Waals surface area contributed by atoms with Gasteiger partial charge in [0.2, 0.25) is 6.43 Å². The normalized spacial score (nSPS) is 11.5. The highest BCUT2D eigenvalue weighted by Crippen LogP contribution is 2.24. The standard InChI is InChI=1S/C3H3ClF4.C3H2ClF3.C3H3F5.2CH4.ClH.2FH/c4-2(5)1-3(6,7)8;4-2-1-3(5,6)7;4-2(5)1-3(6,7)8;;;;;/h2H,1H2;1-2H;2H,1H2;2*1H4;3*1H/b;2-1+;;;;;;. The summed E-state index contributed by atoms with van der Waals surface area (Å²) in [5.41, 5.74) is -1.88. The Bertz CT molecular complexity index is 289. The highest BCUT2D eigenvalue weighted by molar-refractivity contribution is 6.25. The molecule has 0 amide bonds. The molecule has 0 nitrogen and oxygen atoms in total. The molecule has 1 unspecified atom stereocenters. The molecule has 0 spiro atoms. The van der Waals surface area contributed by atoms with Gasteiger partial charge in [-0.15, -0.1) is 12.4 Å². The van der Waals surface area contributed by atoms with Crippen LogP contribution in [0.1, 0.15) is 27.7 Å². The molecule has 0 aromatic carbocycles. The van der Waals surface area contributed by atoms with Gasteiger partial charge < -0.3 is 0 Å². The fourth-order valence-corrected chi connectivity index (χ4v) is 0.739. The molecule has 0 rings (SSSR count). The third kappa shape index (κ3) is 83.7. The third-order valence-corrected chi connectivity index (χ3v) is 1.30. The topological polar surface area (TPSA) is 0 Å². The first-order valence-corrected chi connectivity index (χ1v) is 5.81. The molecule has 17 heteroatoms. The molecule has 0 bridgehead atoms. The van der Waals surface area contributed by atoms with E-state index in [0.29, 0.717) is 5.54 Å². The van der Waals surface area contributed by atoms with E-state index in [2.05, 4.69) is 23.2 Å². The van der Waals surface area contributed by atoms with Gasteiger partial charge in [-0.25, -0.2) is 13.2 Å². The highest BCUT2D eigenvalue weighted by atomic mass is 35.5. The van der Waals surface area contributed by atoms with Crippen molar-refractivity contribution < 1.29 is 62.1 Å². The molecular weight excluding hydrogens is 504 g/mol. The van der Waals surface area contributed by atoms with Crippen molar-refractivity contribution in [1.29, 1.82) is 0 Å². The average Bonchev–Trinajstić information content (AvgIpc) is 2.07. The van der Waals surface area contributed by atoms with Crippen LogP contribution in [0.25, 0.3) is 0 Å². The maximum absolute atomic E-state index is 11.2. The smallest absolute Gasteiger partial charge is 0.269 e. The van der Waals surface area contributed by atoms with Crippen molar-refractivity contribution in [2.24, 2.45) is 0 Å². The monoisotopic (exact) mass is 522 g/mol. The molecular formula is C11H19Cl3F14. The minimum absolute atomic E-state index is 0. The van der Waals surface area contributed by atoms with Gasteiger partial charge in [-0.05, 0) is 0 Å². The van der Waals surface area contributed by atoms with Crippen molar-refractivity contribution in [1.82, 2.24) is 0 Å². The van der Waals surface area contributed by atoms with E-state index in [1.54, 1.807) is 0 Å². The number of allylic oxidation sites excluding steroid dienone is 1. The molecule has 0 aliphatic carbocycles. The number of halogens is 17. The Balaban J connectivity index is -0.0000000329. The van der Waals surface area contributed by atoms with Gasteiger partial charge in [-0.1, -0.05) is 38.1 Å². The first kappa shape index (κ1) is 50.8. The first-order chi connectivity index (χ1) is 9.89. The van der Waals surface area contributed by atoms with Gasteiger partial charge in [0.15, 0.2) is 5.63 Å². The molecule has 0 aromatic heterocycles. The second kappa shape index (κ2) is 22.9. The van der Waals surface area contributed by atoms with Gasteiger partial charge in [-0.2, -0.15) is 39.5 Å². The molecule has 0 aliphatic heterocycles. The lowest BCUT2D eigenvalue weighted by Gasteiger charge is -2.03. The molecule has 28 heavy (non-hydrogen) atoms. The summed E-state index contributed by atoms with van der Waals surface area (Å²) in [6.45, 7) is 0. The molecule has 0 saturated heterocycles. The van der Waals surface area contributed by atoms with Gasteiger partial charge in [0.25, 0.3) is 0 Å². The quantitative estimate of drug-likeness (QED) is 0.250. The number of alkyl halides is 13. The lowest BCUT2D eigenvalue weighted by atomic mass is 10.4. The predicted molar refractivity (Wildman–Crippen MR) is 84.9 cm³/mol. The SMILES string of the molecule is C.C.Cl.F.F.FC(Cl)CC(F)(F)F.FC(F)(F)/C=C/Cl.FC(F)CC(F)(F)F. The van der Waals surface area contributed by atoms with Crippen molar-refractivity contribution in [3.63, 3.8) is 0 Å². The van der Waals surface area contributed by atoms with Crippen LogP contribution in [0.15, 0.2) is 11.6 Å². The van der Waals surface area contributed by atoms with E-state index < -0.39 is 43.4 Å². The highest BCUT2D eigenvalue weighted by Gasteiger charge is 2.32. The van der Waals surface area contributed by atoms with Crippen LogP contribution in [0.2, 0.25) is 0 Å². The fourth-order valence-electron chi connectivity index (χ4n) is 0.421. The summed E-state index contributed by atoms with van der Waals surface area (Å²) in [6.07, 6.45) is -20.4. The summed E-state index contributed by atoms with van der Waals surface area (Å²) < 4.78 is 131. The maximum atomic E-state index is 11.2. The van der Waals surface area contributed by atoms with Gasteiger partial charge in [-0.3, -0.25) is 9.41 Å². The molecule has 0 saturated carbocycles. The van der Waals surface area contributed by atoms with E-state index >= 15 is 0 Å². The van der Waals surface area contributed by atoms with E-state index in [0.717, 1.165) is 0 Å². The molecule has 182 valence electrons. The zero-order valence-corrected chi connectivity index (χ0v) is 14.1. The summed E-state index contributed by atoms with van der Waals surface area (Å²) in [5, 5.41) is 0. The summed E-state index contributed by atoms with van der Waals surface area (Å²) >= 11 is 8.96. The Morgan fingerprint density at radius 1 is 0.714 bits per heavy atom. The van der Waals surface area contributed by atoms with E-state index in [9.17, 15) is 52.7 Å². The lowest BCUT2D eigenvalue weighted by molar-refractivity contribution is -0.158. The average molecular weight is 524 g/mol. The van der Waals surface area contributed by atoms with E-state index in [-0.39, 0.29) is 42.7 Å². The molecule has 0 aliphatic rings. The number of hydrogen-bond donors (Lipinski definition) is 0. The van der Waals surface area contributed by atoms with Crippen LogP contribution in [0.4, 0.5) is 62.1 Å². The van der Waals surface area contributed by atoms with Gasteiger partial charge in [0.05, 0.1) is 6.42 Å². The molecule has 0 fully saturated rings. The van der Waals surface area contributed by atoms with Crippen molar-refractivity contribution in [3.8, 4) is 0 Å². The lowest BCUT2D eigenvalue weighted by Crippen LogP contribution is -2.12. The largest absolute Gasteiger partial charge is 0.410 e. The van der Waals surface area contributed by atoms with Gasteiger partial charge >= 0.3 is 18.5 Å². The van der Waals surface area contributed by atoms with Crippen LogP contribution in [0, 0.1) is 0 Å². The maximum Gasteiger partial charge on any atom is 0.410 e. The Kier molecular flexibility index (Phi) is 41.6. The van der Waals surface area contributed by atoms with Crippen LogP contribution < -0.4 is 0 Å². The predicted octanol–water partition coefficient (Wildman–Crippen LogP) is 8.98. The molecule has 0 N–H and O–H groups in total. The van der Waals surface area contributed by atoms with Crippen LogP contribution in [-0.4, -0.2) is 30.6 Å². The minimum atomic E-state index is -4.73. The van der Waals surface area contributed by atoms with Gasteiger partial charge in [0, 0.05) is 11.6 Å². The van der Waals surface area contributed by atoms with Crippen molar-refractivity contribution in [2.45, 2.75) is 58.3 Å². The molecule has 0 aromatic rings. The van der Waals surface area contributed by atoms with Crippen LogP contribution in [0.3, 0.4) is 0 Å². The Hall–Kier alpha value is -0.370. The summed E-state index contributed by atoms with van der Waals surface area (Å²) in [7, 11) is 0. The minimum Gasteiger partial charge on any atom is -0.269 e. The van der Waals surface area contributed by atoms with E-state index in [1.165, 1.54) is 0 Å². The Labute approximate surface area is 168 Å². The molecule has 1 atom stereocenters. The summed E-state index contributed by atoms with van der Waals surface area (Å²) in [5.74, 6) is 0. The van der Waals surface area contributed by atoms with Gasteiger partial charge in [0.1, 0.15) is 6.42 Å². The Morgan fingerprint density at radius 2 is 1.00 bits per heavy atom. The van der Waals surface area contributed by atoms with Crippen LogP contribution in [-0.2, 0) is 0 Å².